The molecule has 0 unspecified atom stereocenters. The van der Waals surface area contributed by atoms with Gasteiger partial charge in [-0.3, -0.25) is 4.79 Å². The minimum Gasteiger partial charge on any atom is -0.356 e. The maximum absolute atomic E-state index is 12.1. The Balaban J connectivity index is 2.36. The van der Waals surface area contributed by atoms with Gasteiger partial charge in [-0.25, -0.2) is 0 Å². The molecule has 1 heterocycles. The van der Waals surface area contributed by atoms with Gasteiger partial charge in [0.1, 0.15) is 0 Å². The molecule has 0 aromatic carbocycles. The molecule has 0 atom stereocenters. The highest BCUT2D eigenvalue weighted by Gasteiger charge is 2.37. The van der Waals surface area contributed by atoms with Gasteiger partial charge in [-0.15, -0.1) is 0 Å². The molecule has 1 saturated heterocycles. The van der Waals surface area contributed by atoms with Crippen LogP contribution in [0, 0.1) is 5.41 Å². The van der Waals surface area contributed by atoms with Crippen molar-refractivity contribution < 1.29 is 4.79 Å². The van der Waals surface area contributed by atoms with Crippen molar-refractivity contribution >= 4 is 5.91 Å². The van der Waals surface area contributed by atoms with Crippen LogP contribution in [0.2, 0.25) is 0 Å². The summed E-state index contributed by atoms with van der Waals surface area (Å²) in [7, 11) is 0. The topological polar surface area (TPSA) is 67.2 Å². The Labute approximate surface area is 98.3 Å². The quantitative estimate of drug-likeness (QED) is 0.583. The van der Waals surface area contributed by atoms with Crippen LogP contribution in [0.5, 0.6) is 0 Å². The molecule has 0 aliphatic carbocycles. The molecule has 1 rings (SSSR count). The second-order valence-electron chi connectivity index (χ2n) is 4.64. The second kappa shape index (κ2) is 6.86. The van der Waals surface area contributed by atoms with Crippen LogP contribution in [0.15, 0.2) is 0 Å². The summed E-state index contributed by atoms with van der Waals surface area (Å²) in [5, 5.41) is 6.37. The fourth-order valence-electron chi connectivity index (χ4n) is 2.31. The Morgan fingerprint density at radius 3 is 2.62 bits per heavy atom. The molecule has 4 N–H and O–H groups in total. The maximum Gasteiger partial charge on any atom is 0.226 e. The van der Waals surface area contributed by atoms with E-state index in [4.69, 9.17) is 5.73 Å². The summed E-state index contributed by atoms with van der Waals surface area (Å²) >= 11 is 0. The molecule has 0 aromatic heterocycles. The van der Waals surface area contributed by atoms with E-state index in [1.54, 1.807) is 0 Å². The molecule has 0 saturated carbocycles. The summed E-state index contributed by atoms with van der Waals surface area (Å²) in [6, 6.07) is 0. The van der Waals surface area contributed by atoms with E-state index in [0.29, 0.717) is 6.54 Å². The lowest BCUT2D eigenvalue weighted by Gasteiger charge is -2.35. The van der Waals surface area contributed by atoms with Crippen LogP contribution < -0.4 is 16.4 Å². The molecular weight excluding hydrogens is 202 g/mol. The van der Waals surface area contributed by atoms with Gasteiger partial charge in [0.05, 0.1) is 5.41 Å². The average Bonchev–Trinajstić information content (AvgIpc) is 2.35. The van der Waals surface area contributed by atoms with Crippen molar-refractivity contribution in [2.75, 3.05) is 26.2 Å². The summed E-state index contributed by atoms with van der Waals surface area (Å²) in [6.45, 7) is 5.52. The van der Waals surface area contributed by atoms with E-state index in [1.807, 2.05) is 0 Å². The van der Waals surface area contributed by atoms with E-state index in [-0.39, 0.29) is 11.3 Å². The van der Waals surface area contributed by atoms with Gasteiger partial charge in [0.25, 0.3) is 0 Å². The summed E-state index contributed by atoms with van der Waals surface area (Å²) in [6.07, 6.45) is 4.84. The first-order valence-electron chi connectivity index (χ1n) is 6.44. The Bertz CT molecular complexity index is 212. The average molecular weight is 227 g/mol. The van der Waals surface area contributed by atoms with Gasteiger partial charge in [-0.05, 0) is 51.7 Å². The predicted molar refractivity (Wildman–Crippen MR) is 66.1 cm³/mol. The van der Waals surface area contributed by atoms with Crippen LogP contribution in [0.1, 0.15) is 39.0 Å². The largest absolute Gasteiger partial charge is 0.356 e. The van der Waals surface area contributed by atoms with Gasteiger partial charge in [-0.1, -0.05) is 6.92 Å². The van der Waals surface area contributed by atoms with Gasteiger partial charge >= 0.3 is 0 Å². The van der Waals surface area contributed by atoms with Crippen LogP contribution in [-0.2, 0) is 4.79 Å². The molecule has 1 fully saturated rings. The molecule has 4 heteroatoms. The van der Waals surface area contributed by atoms with Gasteiger partial charge < -0.3 is 16.4 Å². The minimum atomic E-state index is -0.117. The first-order valence-corrected chi connectivity index (χ1v) is 6.44. The molecule has 16 heavy (non-hydrogen) atoms. The Morgan fingerprint density at radius 2 is 2.06 bits per heavy atom. The van der Waals surface area contributed by atoms with E-state index in [2.05, 4.69) is 17.6 Å². The molecule has 0 aromatic rings. The van der Waals surface area contributed by atoms with Crippen molar-refractivity contribution in [3.63, 3.8) is 0 Å². The van der Waals surface area contributed by atoms with Crippen LogP contribution in [0.25, 0.3) is 0 Å². The third-order valence-electron chi connectivity index (χ3n) is 3.64. The Hall–Kier alpha value is -0.610. The van der Waals surface area contributed by atoms with E-state index in [0.717, 1.165) is 51.7 Å². The van der Waals surface area contributed by atoms with Crippen molar-refractivity contribution in [2.45, 2.75) is 39.0 Å². The monoisotopic (exact) mass is 227 g/mol. The van der Waals surface area contributed by atoms with Gasteiger partial charge in [0, 0.05) is 6.54 Å². The van der Waals surface area contributed by atoms with Crippen molar-refractivity contribution in [1.82, 2.24) is 10.6 Å². The lowest BCUT2D eigenvalue weighted by atomic mass is 9.76. The van der Waals surface area contributed by atoms with Crippen LogP contribution >= 0.6 is 0 Å². The van der Waals surface area contributed by atoms with Crippen LogP contribution in [0.4, 0.5) is 0 Å². The van der Waals surface area contributed by atoms with Crippen molar-refractivity contribution in [3.05, 3.63) is 0 Å². The van der Waals surface area contributed by atoms with Crippen molar-refractivity contribution in [2.24, 2.45) is 11.1 Å². The number of carbonyl (C=O) groups excluding carboxylic acids is 1. The number of unbranched alkanes of at least 4 members (excludes halogenated alkanes) is 1. The number of nitrogens with one attached hydrogen (secondary N) is 2. The summed E-state index contributed by atoms with van der Waals surface area (Å²) in [4.78, 5) is 12.1. The van der Waals surface area contributed by atoms with E-state index in [9.17, 15) is 4.79 Å². The van der Waals surface area contributed by atoms with Crippen molar-refractivity contribution in [1.29, 1.82) is 0 Å². The number of carbonyl (C=O) groups is 1. The summed E-state index contributed by atoms with van der Waals surface area (Å²) in [5.74, 6) is 0.244. The first-order chi connectivity index (χ1) is 7.75. The molecule has 1 aliphatic rings. The molecular formula is C12H25N3O. The standard InChI is InChI=1S/C12H25N3O/c1-2-12(5-9-14-10-6-12)11(16)15-8-4-3-7-13/h14H,2-10,13H2,1H3,(H,15,16). The zero-order valence-corrected chi connectivity index (χ0v) is 10.3. The fourth-order valence-corrected chi connectivity index (χ4v) is 2.31. The normalized spacial score (nSPS) is 19.4. The van der Waals surface area contributed by atoms with Gasteiger partial charge in [0.2, 0.25) is 5.91 Å². The number of piperidine rings is 1. The highest BCUT2D eigenvalue weighted by molar-refractivity contribution is 5.82. The molecule has 0 spiro atoms. The van der Waals surface area contributed by atoms with E-state index < -0.39 is 0 Å². The lowest BCUT2D eigenvalue weighted by molar-refractivity contribution is -0.132. The number of rotatable bonds is 6. The molecule has 0 radical (unpaired) electrons. The highest BCUT2D eigenvalue weighted by Crippen LogP contribution is 2.32. The number of hydrogen-bond donors (Lipinski definition) is 3. The molecule has 94 valence electrons. The van der Waals surface area contributed by atoms with Crippen molar-refractivity contribution in [3.8, 4) is 0 Å². The maximum atomic E-state index is 12.1. The second-order valence-corrected chi connectivity index (χ2v) is 4.64. The molecule has 1 aliphatic heterocycles. The van der Waals surface area contributed by atoms with Gasteiger partial charge in [-0.2, -0.15) is 0 Å². The van der Waals surface area contributed by atoms with Gasteiger partial charge in [0.15, 0.2) is 0 Å². The third kappa shape index (κ3) is 3.46. The Morgan fingerprint density at radius 1 is 1.38 bits per heavy atom. The first kappa shape index (κ1) is 13.5. The predicted octanol–water partition coefficient (Wildman–Crippen LogP) is 0.621. The molecule has 0 bridgehead atoms. The highest BCUT2D eigenvalue weighted by atomic mass is 16.2. The third-order valence-corrected chi connectivity index (χ3v) is 3.64. The van der Waals surface area contributed by atoms with Crippen LogP contribution in [-0.4, -0.2) is 32.1 Å². The van der Waals surface area contributed by atoms with E-state index >= 15 is 0 Å². The van der Waals surface area contributed by atoms with E-state index in [1.165, 1.54) is 0 Å². The molecule has 4 nitrogen and oxygen atoms in total. The minimum absolute atomic E-state index is 0.117. The number of hydrogen-bond acceptors (Lipinski definition) is 3. The van der Waals surface area contributed by atoms with Crippen LogP contribution in [0.3, 0.4) is 0 Å². The Kier molecular flexibility index (Phi) is 5.77. The molecule has 1 amide bonds. The zero-order chi connectivity index (χ0) is 11.9. The SMILES string of the molecule is CCC1(C(=O)NCCCCN)CCNCC1. The summed E-state index contributed by atoms with van der Waals surface area (Å²) < 4.78 is 0. The lowest BCUT2D eigenvalue weighted by Crippen LogP contribution is -2.47. The zero-order valence-electron chi connectivity index (χ0n) is 10.3. The number of nitrogens with two attached hydrogens (primary N) is 1. The smallest absolute Gasteiger partial charge is 0.226 e. The number of amides is 1. The fraction of sp³-hybridized carbons (Fsp3) is 0.917. The summed E-state index contributed by atoms with van der Waals surface area (Å²) in [5.41, 5.74) is 5.30.